The molecule has 0 N–H and O–H groups in total. The van der Waals surface area contributed by atoms with Crippen molar-refractivity contribution in [3.63, 3.8) is 0 Å². The Kier molecular flexibility index (Phi) is 9.35. The topological polar surface area (TPSA) is 83.5 Å². The SMILES string of the molecule is CC(C)CS(=O)(=O)CCOS(=O)([O-])=S.[Na+]. The van der Waals surface area contributed by atoms with Crippen LogP contribution in [0.25, 0.3) is 0 Å². The fraction of sp³-hybridized carbons (Fsp3) is 1.00. The molecule has 1 atom stereocenters. The van der Waals surface area contributed by atoms with E-state index in [-0.39, 0.29) is 47.0 Å². The van der Waals surface area contributed by atoms with Gasteiger partial charge in [0.25, 0.3) is 0 Å². The van der Waals surface area contributed by atoms with Crippen molar-refractivity contribution in [2.75, 3.05) is 18.1 Å². The molecule has 0 aliphatic carbocycles. The minimum Gasteiger partial charge on any atom is -0.748 e. The Bertz CT molecular complexity index is 358. The minimum atomic E-state index is -3.96. The summed E-state index contributed by atoms with van der Waals surface area (Å²) < 4.78 is 47.3. The Morgan fingerprint density at radius 3 is 2.13 bits per heavy atom. The quantitative estimate of drug-likeness (QED) is 0.480. The summed E-state index contributed by atoms with van der Waals surface area (Å²) in [6, 6.07) is 0. The molecule has 0 spiro atoms. The van der Waals surface area contributed by atoms with Crippen molar-refractivity contribution < 1.29 is 50.9 Å². The maximum atomic E-state index is 11.2. The van der Waals surface area contributed by atoms with E-state index in [1.165, 1.54) is 0 Å². The van der Waals surface area contributed by atoms with Gasteiger partial charge in [-0.15, -0.1) is 0 Å². The van der Waals surface area contributed by atoms with Gasteiger partial charge in [0.15, 0.2) is 9.84 Å². The average Bonchev–Trinajstić information content (AvgIpc) is 1.78. The van der Waals surface area contributed by atoms with E-state index in [1.807, 2.05) is 0 Å². The Labute approximate surface area is 118 Å². The van der Waals surface area contributed by atoms with Crippen LogP contribution in [-0.2, 0) is 34.3 Å². The summed E-state index contributed by atoms with van der Waals surface area (Å²) >= 11 is 3.92. The Morgan fingerprint density at radius 1 is 1.33 bits per heavy atom. The molecule has 0 aliphatic heterocycles. The summed E-state index contributed by atoms with van der Waals surface area (Å²) in [5.41, 5.74) is 0. The normalized spacial score (nSPS) is 15.7. The molecule has 0 amide bonds. The van der Waals surface area contributed by atoms with Gasteiger partial charge in [-0.1, -0.05) is 13.8 Å². The molecule has 0 bridgehead atoms. The molecule has 9 heteroatoms. The first-order valence-electron chi connectivity index (χ1n) is 3.93. The van der Waals surface area contributed by atoms with Crippen LogP contribution in [0.2, 0.25) is 0 Å². The Morgan fingerprint density at radius 2 is 1.80 bits per heavy atom. The van der Waals surface area contributed by atoms with E-state index in [0.29, 0.717) is 0 Å². The van der Waals surface area contributed by atoms with Crippen LogP contribution < -0.4 is 29.6 Å². The molecule has 0 heterocycles. The maximum absolute atomic E-state index is 11.2. The average molecular weight is 284 g/mol. The predicted molar refractivity (Wildman–Crippen MR) is 55.7 cm³/mol. The van der Waals surface area contributed by atoms with Gasteiger partial charge in [-0.05, 0) is 17.1 Å². The van der Waals surface area contributed by atoms with Crippen LogP contribution in [0.15, 0.2) is 0 Å². The zero-order chi connectivity index (χ0) is 11.4. The molecular weight excluding hydrogens is 271 g/mol. The van der Waals surface area contributed by atoms with Crippen molar-refractivity contribution in [3.05, 3.63) is 0 Å². The van der Waals surface area contributed by atoms with Gasteiger partial charge in [-0.3, -0.25) is 4.18 Å². The van der Waals surface area contributed by atoms with E-state index in [0.717, 1.165) is 0 Å². The summed E-state index contributed by atoms with van der Waals surface area (Å²) in [5, 5.41) is 0. The van der Waals surface area contributed by atoms with Crippen LogP contribution in [0.3, 0.4) is 0 Å². The summed E-state index contributed by atoms with van der Waals surface area (Å²) in [6.45, 7) is 3.13. The van der Waals surface area contributed by atoms with Crippen molar-refractivity contribution in [2.45, 2.75) is 13.8 Å². The van der Waals surface area contributed by atoms with Crippen molar-refractivity contribution in [3.8, 4) is 0 Å². The molecule has 1 unspecified atom stereocenters. The molecule has 0 aromatic rings. The molecule has 5 nitrogen and oxygen atoms in total. The molecule has 0 rings (SSSR count). The second-order valence-corrected chi connectivity index (χ2v) is 7.74. The maximum Gasteiger partial charge on any atom is 1.00 e. The van der Waals surface area contributed by atoms with E-state index in [1.54, 1.807) is 13.8 Å². The van der Waals surface area contributed by atoms with Crippen molar-refractivity contribution in [1.29, 1.82) is 0 Å². The Hall–Kier alpha value is 1.24. The number of rotatable bonds is 6. The summed E-state index contributed by atoms with van der Waals surface area (Å²) in [4.78, 5) is 0. The molecule has 0 saturated carbocycles. The Balaban J connectivity index is 0. The first-order valence-corrected chi connectivity index (χ1v) is 8.08. The summed E-state index contributed by atoms with van der Waals surface area (Å²) in [6.07, 6.45) is 0. The number of hydrogen-bond donors (Lipinski definition) is 0. The van der Waals surface area contributed by atoms with E-state index in [9.17, 15) is 17.2 Å². The first-order chi connectivity index (χ1) is 6.12. The molecule has 0 saturated heterocycles. The van der Waals surface area contributed by atoms with Gasteiger partial charge in [0.1, 0.15) is 0 Å². The molecular formula is C6H13NaO5S3. The number of sulfone groups is 1. The predicted octanol–water partition coefficient (Wildman–Crippen LogP) is -3.13. The third-order valence-corrected chi connectivity index (χ3v) is 3.92. The second-order valence-electron chi connectivity index (χ2n) is 3.24. The molecule has 0 aliphatic rings. The number of hydrogen-bond acceptors (Lipinski definition) is 6. The minimum absolute atomic E-state index is 0. The molecule has 0 aromatic carbocycles. The fourth-order valence-electron chi connectivity index (χ4n) is 0.854. The zero-order valence-electron chi connectivity index (χ0n) is 8.96. The third-order valence-electron chi connectivity index (χ3n) is 1.21. The summed E-state index contributed by atoms with van der Waals surface area (Å²) in [7, 11) is -7.20. The van der Waals surface area contributed by atoms with E-state index < -0.39 is 25.5 Å². The van der Waals surface area contributed by atoms with Crippen molar-refractivity contribution >= 4 is 30.1 Å². The van der Waals surface area contributed by atoms with E-state index in [4.69, 9.17) is 0 Å². The summed E-state index contributed by atoms with van der Waals surface area (Å²) in [5.74, 6) is -0.283. The van der Waals surface area contributed by atoms with Gasteiger partial charge in [-0.25, -0.2) is 12.6 Å². The van der Waals surface area contributed by atoms with Gasteiger partial charge in [0.2, 0.25) is 0 Å². The van der Waals surface area contributed by atoms with Gasteiger partial charge >= 0.3 is 29.6 Å². The second kappa shape index (κ2) is 7.54. The van der Waals surface area contributed by atoms with Crippen LogP contribution in [0.1, 0.15) is 13.8 Å². The third kappa shape index (κ3) is 13.2. The molecule has 0 fully saturated rings. The molecule has 15 heavy (non-hydrogen) atoms. The van der Waals surface area contributed by atoms with Gasteiger partial charge in [0.05, 0.1) is 27.2 Å². The van der Waals surface area contributed by atoms with E-state index in [2.05, 4.69) is 15.4 Å². The van der Waals surface area contributed by atoms with Crippen LogP contribution in [0, 0.1) is 5.92 Å². The molecule has 86 valence electrons. The van der Waals surface area contributed by atoms with E-state index >= 15 is 0 Å². The van der Waals surface area contributed by atoms with Crippen LogP contribution in [0.4, 0.5) is 0 Å². The molecule has 0 radical (unpaired) electrons. The fourth-order valence-corrected chi connectivity index (χ4v) is 2.97. The van der Waals surface area contributed by atoms with Gasteiger partial charge < -0.3 is 4.55 Å². The largest absolute Gasteiger partial charge is 1.00 e. The molecule has 0 aromatic heterocycles. The standard InChI is InChI=1S/C6H14O5S3.Na/c1-6(2)5-13(7,8)4-3-11-14(9,10)12;/h6H,3-5H2,1-2H3,(H,9,10,12);/q;+1/p-1. The van der Waals surface area contributed by atoms with Crippen LogP contribution >= 0.6 is 0 Å². The van der Waals surface area contributed by atoms with Crippen LogP contribution in [0.5, 0.6) is 0 Å². The first kappa shape index (κ1) is 18.6. The van der Waals surface area contributed by atoms with Gasteiger partial charge in [-0.2, -0.15) is 0 Å². The van der Waals surface area contributed by atoms with Crippen molar-refractivity contribution in [1.82, 2.24) is 0 Å². The smallest absolute Gasteiger partial charge is 0.748 e. The van der Waals surface area contributed by atoms with Crippen LogP contribution in [-0.4, -0.2) is 35.3 Å². The van der Waals surface area contributed by atoms with Gasteiger partial charge in [0, 0.05) is 0 Å². The monoisotopic (exact) mass is 284 g/mol. The zero-order valence-corrected chi connectivity index (χ0v) is 13.4. The van der Waals surface area contributed by atoms with Crippen molar-refractivity contribution in [2.24, 2.45) is 5.92 Å².